The van der Waals surface area contributed by atoms with Crippen molar-refractivity contribution >= 4 is 0 Å². The van der Waals surface area contributed by atoms with Gasteiger partial charge in [0.15, 0.2) is 0 Å². The Labute approximate surface area is 130 Å². The van der Waals surface area contributed by atoms with E-state index in [1.54, 1.807) is 7.11 Å². The minimum Gasteiger partial charge on any atom is -0.302 e. The highest BCUT2D eigenvalue weighted by Gasteiger charge is 2.17. The van der Waals surface area contributed by atoms with Crippen LogP contribution in [0, 0.1) is 0 Å². The summed E-state index contributed by atoms with van der Waals surface area (Å²) in [7, 11) is 1.77. The molecule has 1 atom stereocenters. The van der Waals surface area contributed by atoms with Crippen LogP contribution in [-0.4, -0.2) is 18.2 Å². The molecule has 0 saturated carbocycles. The van der Waals surface area contributed by atoms with Crippen molar-refractivity contribution < 1.29 is 4.84 Å². The fourth-order valence-corrected chi connectivity index (χ4v) is 2.66. The second-order valence-electron chi connectivity index (χ2n) is 5.62. The van der Waals surface area contributed by atoms with E-state index < -0.39 is 0 Å². The second-order valence-corrected chi connectivity index (χ2v) is 5.62. The summed E-state index contributed by atoms with van der Waals surface area (Å²) in [4.78, 5) is 5.63. The molecule has 2 nitrogen and oxygen atoms in total. The summed E-state index contributed by atoms with van der Waals surface area (Å²) in [6, 6.07) is 10.9. The van der Waals surface area contributed by atoms with E-state index in [1.807, 2.05) is 6.08 Å². The van der Waals surface area contributed by atoms with Gasteiger partial charge in [-0.1, -0.05) is 75.4 Å². The zero-order valence-electron chi connectivity index (χ0n) is 13.8. The highest BCUT2D eigenvalue weighted by molar-refractivity contribution is 5.14. The lowest BCUT2D eigenvalue weighted by molar-refractivity contribution is -0.170. The van der Waals surface area contributed by atoms with Crippen LogP contribution in [0.1, 0.15) is 57.4 Å². The van der Waals surface area contributed by atoms with Gasteiger partial charge in [-0.15, -0.1) is 6.58 Å². The summed E-state index contributed by atoms with van der Waals surface area (Å²) in [6.07, 6.45) is 10.8. The van der Waals surface area contributed by atoms with Crippen LogP contribution in [0.5, 0.6) is 0 Å². The summed E-state index contributed by atoms with van der Waals surface area (Å²) in [6.45, 7) is 6.99. The molecule has 0 amide bonds. The monoisotopic (exact) mass is 289 g/mol. The Morgan fingerprint density at radius 2 is 1.86 bits per heavy atom. The molecule has 2 heteroatoms. The first-order valence-electron chi connectivity index (χ1n) is 8.27. The average molecular weight is 289 g/mol. The number of hydroxylamine groups is 2. The van der Waals surface area contributed by atoms with E-state index >= 15 is 0 Å². The van der Waals surface area contributed by atoms with Crippen molar-refractivity contribution in [3.8, 4) is 0 Å². The van der Waals surface area contributed by atoms with Gasteiger partial charge in [-0.2, -0.15) is 5.06 Å². The van der Waals surface area contributed by atoms with E-state index in [9.17, 15) is 0 Å². The van der Waals surface area contributed by atoms with E-state index in [2.05, 4.69) is 48.9 Å². The van der Waals surface area contributed by atoms with E-state index in [1.165, 1.54) is 44.1 Å². The highest BCUT2D eigenvalue weighted by atomic mass is 16.7. The van der Waals surface area contributed by atoms with E-state index in [0.717, 1.165) is 13.0 Å². The van der Waals surface area contributed by atoms with Gasteiger partial charge >= 0.3 is 0 Å². The summed E-state index contributed by atoms with van der Waals surface area (Å²) < 4.78 is 0. The van der Waals surface area contributed by atoms with Crippen molar-refractivity contribution in [2.24, 2.45) is 0 Å². The predicted octanol–water partition coefficient (Wildman–Crippen LogP) is 5.36. The van der Waals surface area contributed by atoms with Crippen molar-refractivity contribution in [3.63, 3.8) is 0 Å². The number of benzene rings is 1. The van der Waals surface area contributed by atoms with Crippen LogP contribution in [0.15, 0.2) is 43.0 Å². The number of hydrogen-bond acceptors (Lipinski definition) is 2. The Kier molecular flexibility index (Phi) is 9.84. The topological polar surface area (TPSA) is 12.5 Å². The van der Waals surface area contributed by atoms with E-state index in [4.69, 9.17) is 4.84 Å². The third kappa shape index (κ3) is 7.45. The van der Waals surface area contributed by atoms with Gasteiger partial charge in [0, 0.05) is 12.6 Å². The van der Waals surface area contributed by atoms with Crippen LogP contribution >= 0.6 is 0 Å². The SMILES string of the molecule is C=CCC(CCCCCCC)N(Cc1ccccc1)OC. The highest BCUT2D eigenvalue weighted by Crippen LogP contribution is 2.18. The lowest BCUT2D eigenvalue weighted by Crippen LogP contribution is -2.33. The molecule has 0 aliphatic heterocycles. The number of hydrogen-bond donors (Lipinski definition) is 0. The normalized spacial score (nSPS) is 12.5. The van der Waals surface area contributed by atoms with Crippen LogP contribution < -0.4 is 0 Å². The maximum absolute atomic E-state index is 5.63. The molecule has 0 spiro atoms. The number of unbranched alkanes of at least 4 members (excludes halogenated alkanes) is 4. The van der Waals surface area contributed by atoms with Crippen molar-refractivity contribution in [1.82, 2.24) is 5.06 Å². The minimum absolute atomic E-state index is 0.425. The first kappa shape index (κ1) is 17.9. The fourth-order valence-electron chi connectivity index (χ4n) is 2.66. The van der Waals surface area contributed by atoms with E-state index in [-0.39, 0.29) is 0 Å². The molecule has 0 aliphatic carbocycles. The van der Waals surface area contributed by atoms with Crippen LogP contribution in [0.3, 0.4) is 0 Å². The molecule has 0 aromatic heterocycles. The molecular formula is C19H31NO. The molecule has 0 heterocycles. The molecule has 0 bridgehead atoms. The Morgan fingerprint density at radius 3 is 2.48 bits per heavy atom. The number of rotatable bonds is 12. The van der Waals surface area contributed by atoms with Crippen molar-refractivity contribution in [2.75, 3.05) is 7.11 Å². The summed E-state index contributed by atoms with van der Waals surface area (Å²) in [5.41, 5.74) is 1.29. The third-order valence-corrected chi connectivity index (χ3v) is 3.90. The van der Waals surface area contributed by atoms with Crippen LogP contribution in [-0.2, 0) is 11.4 Å². The van der Waals surface area contributed by atoms with Crippen LogP contribution in [0.25, 0.3) is 0 Å². The van der Waals surface area contributed by atoms with Gasteiger partial charge in [0.05, 0.1) is 7.11 Å². The molecule has 1 rings (SSSR count). The van der Waals surface area contributed by atoms with E-state index in [0.29, 0.717) is 6.04 Å². The van der Waals surface area contributed by atoms with Crippen molar-refractivity contribution in [1.29, 1.82) is 0 Å². The first-order valence-corrected chi connectivity index (χ1v) is 8.27. The second kappa shape index (κ2) is 11.5. The maximum Gasteiger partial charge on any atom is 0.0575 e. The zero-order chi connectivity index (χ0) is 15.3. The molecule has 1 unspecified atom stereocenters. The van der Waals surface area contributed by atoms with Gasteiger partial charge in [-0.25, -0.2) is 0 Å². The molecule has 118 valence electrons. The molecular weight excluding hydrogens is 258 g/mol. The quantitative estimate of drug-likeness (QED) is 0.292. The molecule has 21 heavy (non-hydrogen) atoms. The van der Waals surface area contributed by atoms with Crippen molar-refractivity contribution in [3.05, 3.63) is 48.6 Å². The Balaban J connectivity index is 2.48. The third-order valence-electron chi connectivity index (χ3n) is 3.90. The van der Waals surface area contributed by atoms with Gasteiger partial charge in [-0.3, -0.25) is 0 Å². The molecule has 0 saturated heterocycles. The standard InChI is InChI=1S/C19H31NO/c1-4-6-7-8-12-16-19(13-5-2)20(21-3)17-18-14-10-9-11-15-18/h5,9-11,14-15,19H,2,4,6-8,12-13,16-17H2,1,3H3. The van der Waals surface area contributed by atoms with Gasteiger partial charge < -0.3 is 4.84 Å². The molecule has 0 N–H and O–H groups in total. The summed E-state index contributed by atoms with van der Waals surface area (Å²) in [5.74, 6) is 0. The lowest BCUT2D eigenvalue weighted by atomic mass is 10.0. The van der Waals surface area contributed by atoms with Gasteiger partial charge in [-0.05, 0) is 18.4 Å². The van der Waals surface area contributed by atoms with Crippen LogP contribution in [0.4, 0.5) is 0 Å². The van der Waals surface area contributed by atoms with Crippen LogP contribution in [0.2, 0.25) is 0 Å². The molecule has 1 aromatic carbocycles. The lowest BCUT2D eigenvalue weighted by Gasteiger charge is -2.29. The Hall–Kier alpha value is -1.12. The average Bonchev–Trinajstić information content (AvgIpc) is 2.52. The number of nitrogens with zero attached hydrogens (tertiary/aromatic N) is 1. The molecule has 0 aliphatic rings. The minimum atomic E-state index is 0.425. The molecule has 1 aromatic rings. The smallest absolute Gasteiger partial charge is 0.0575 e. The van der Waals surface area contributed by atoms with Gasteiger partial charge in [0.25, 0.3) is 0 Å². The summed E-state index contributed by atoms with van der Waals surface area (Å²) >= 11 is 0. The largest absolute Gasteiger partial charge is 0.302 e. The predicted molar refractivity (Wildman–Crippen MR) is 91.0 cm³/mol. The van der Waals surface area contributed by atoms with Gasteiger partial charge in [0.2, 0.25) is 0 Å². The van der Waals surface area contributed by atoms with Crippen molar-refractivity contribution in [2.45, 2.75) is 64.5 Å². The molecule has 0 fully saturated rings. The van der Waals surface area contributed by atoms with Gasteiger partial charge in [0.1, 0.15) is 0 Å². The fraction of sp³-hybridized carbons (Fsp3) is 0.579. The maximum atomic E-state index is 5.63. The zero-order valence-corrected chi connectivity index (χ0v) is 13.8. The summed E-state index contributed by atoms with van der Waals surface area (Å²) in [5, 5.41) is 2.11. The Morgan fingerprint density at radius 1 is 1.14 bits per heavy atom. The molecule has 0 radical (unpaired) electrons. The first-order chi connectivity index (χ1) is 10.3. The Bertz CT molecular complexity index is 363.